The Bertz CT molecular complexity index is 896. The van der Waals surface area contributed by atoms with Crippen LogP contribution in [0.15, 0.2) is 33.9 Å². The Morgan fingerprint density at radius 1 is 1.00 bits per heavy atom. The second-order valence-electron chi connectivity index (χ2n) is 6.62. The minimum atomic E-state index is -0.829. The van der Waals surface area contributed by atoms with Crippen molar-refractivity contribution in [2.45, 2.75) is 19.3 Å². The van der Waals surface area contributed by atoms with Gasteiger partial charge in [0.1, 0.15) is 5.82 Å². The molecule has 0 N–H and O–H groups in total. The van der Waals surface area contributed by atoms with Gasteiger partial charge in [-0.15, -0.1) is 0 Å². The Labute approximate surface area is 144 Å². The first-order valence-electron chi connectivity index (χ1n) is 8.32. The van der Waals surface area contributed by atoms with E-state index in [2.05, 4.69) is 0 Å². The van der Waals surface area contributed by atoms with Crippen LogP contribution in [0.25, 0.3) is 0 Å². The van der Waals surface area contributed by atoms with E-state index < -0.39 is 11.6 Å². The Kier molecular flexibility index (Phi) is 4.74. The lowest BCUT2D eigenvalue weighted by atomic mass is 9.90. The van der Waals surface area contributed by atoms with Crippen molar-refractivity contribution in [3.05, 3.63) is 62.3 Å². The van der Waals surface area contributed by atoms with Gasteiger partial charge in [-0.05, 0) is 42.9 Å². The SMILES string of the molecule is Cn1c(N2CCC(Cc3ccc(F)c(F)c3)CC2)cc(=O)n(C)c1=O. The van der Waals surface area contributed by atoms with Crippen LogP contribution in [0, 0.1) is 17.6 Å². The van der Waals surface area contributed by atoms with Crippen molar-refractivity contribution >= 4 is 5.82 Å². The molecule has 1 aromatic heterocycles. The normalized spacial score (nSPS) is 15.6. The Hall–Kier alpha value is -2.44. The van der Waals surface area contributed by atoms with E-state index in [0.29, 0.717) is 18.2 Å². The maximum atomic E-state index is 13.3. The molecule has 5 nitrogen and oxygen atoms in total. The Balaban J connectivity index is 1.69. The molecule has 0 unspecified atom stereocenters. The van der Waals surface area contributed by atoms with E-state index in [0.717, 1.165) is 42.1 Å². The zero-order valence-electron chi connectivity index (χ0n) is 14.3. The standard InChI is InChI=1S/C18H21F2N3O2/c1-21-16(11-17(24)22(2)18(21)25)23-7-5-12(6-8-23)9-13-3-4-14(19)15(20)10-13/h3-4,10-12H,5-9H2,1-2H3. The third-order valence-corrected chi connectivity index (χ3v) is 4.95. The smallest absolute Gasteiger partial charge is 0.332 e. The van der Waals surface area contributed by atoms with E-state index in [-0.39, 0.29) is 11.2 Å². The van der Waals surface area contributed by atoms with Gasteiger partial charge in [0.15, 0.2) is 11.6 Å². The monoisotopic (exact) mass is 349 g/mol. The Morgan fingerprint density at radius 2 is 1.68 bits per heavy atom. The summed E-state index contributed by atoms with van der Waals surface area (Å²) in [7, 11) is 3.12. The first kappa shape index (κ1) is 17.4. The first-order chi connectivity index (χ1) is 11.9. The van der Waals surface area contributed by atoms with E-state index in [9.17, 15) is 18.4 Å². The molecular formula is C18H21F2N3O2. The quantitative estimate of drug-likeness (QED) is 0.849. The second kappa shape index (κ2) is 6.82. The molecule has 0 spiro atoms. The van der Waals surface area contributed by atoms with Crippen LogP contribution in [0.4, 0.5) is 14.6 Å². The average Bonchev–Trinajstić information content (AvgIpc) is 2.60. The third-order valence-electron chi connectivity index (χ3n) is 4.95. The minimum Gasteiger partial charge on any atom is -0.358 e. The summed E-state index contributed by atoms with van der Waals surface area (Å²) in [5.74, 6) is -0.653. The predicted molar refractivity (Wildman–Crippen MR) is 91.9 cm³/mol. The lowest BCUT2D eigenvalue weighted by Crippen LogP contribution is -2.43. The van der Waals surface area contributed by atoms with E-state index in [1.165, 1.54) is 23.7 Å². The number of piperidine rings is 1. The van der Waals surface area contributed by atoms with Crippen LogP contribution < -0.4 is 16.1 Å². The second-order valence-corrected chi connectivity index (χ2v) is 6.62. The van der Waals surface area contributed by atoms with Crippen LogP contribution in [-0.4, -0.2) is 22.2 Å². The highest BCUT2D eigenvalue weighted by molar-refractivity contribution is 5.38. The number of halogens is 2. The highest BCUT2D eigenvalue weighted by Gasteiger charge is 2.22. The number of rotatable bonds is 3. The van der Waals surface area contributed by atoms with Crippen LogP contribution in [0.5, 0.6) is 0 Å². The molecule has 1 aliphatic rings. The van der Waals surface area contributed by atoms with E-state index >= 15 is 0 Å². The first-order valence-corrected chi connectivity index (χ1v) is 8.32. The molecule has 0 amide bonds. The van der Waals surface area contributed by atoms with Crippen molar-refractivity contribution in [2.75, 3.05) is 18.0 Å². The third kappa shape index (κ3) is 3.50. The van der Waals surface area contributed by atoms with Gasteiger partial charge in [0, 0.05) is 33.3 Å². The lowest BCUT2D eigenvalue weighted by Gasteiger charge is -2.34. The molecule has 1 aromatic carbocycles. The van der Waals surface area contributed by atoms with Gasteiger partial charge >= 0.3 is 5.69 Å². The molecule has 0 atom stereocenters. The zero-order chi connectivity index (χ0) is 18.1. The topological polar surface area (TPSA) is 47.2 Å². The van der Waals surface area contributed by atoms with Crippen LogP contribution in [0.3, 0.4) is 0 Å². The van der Waals surface area contributed by atoms with Crippen LogP contribution in [0.2, 0.25) is 0 Å². The van der Waals surface area contributed by atoms with E-state index in [4.69, 9.17) is 0 Å². The van der Waals surface area contributed by atoms with Gasteiger partial charge in [-0.1, -0.05) is 6.07 Å². The molecule has 1 saturated heterocycles. The fraction of sp³-hybridized carbons (Fsp3) is 0.444. The number of nitrogens with zero attached hydrogens (tertiary/aromatic N) is 3. The minimum absolute atomic E-state index is 0.318. The van der Waals surface area contributed by atoms with Gasteiger partial charge in [-0.3, -0.25) is 13.9 Å². The molecule has 2 aromatic rings. The summed E-state index contributed by atoms with van der Waals surface area (Å²) >= 11 is 0. The number of hydrogen-bond acceptors (Lipinski definition) is 3. The van der Waals surface area contributed by atoms with Gasteiger partial charge in [0.2, 0.25) is 0 Å². The van der Waals surface area contributed by atoms with Gasteiger partial charge in [0.25, 0.3) is 5.56 Å². The summed E-state index contributed by atoms with van der Waals surface area (Å²) in [4.78, 5) is 26.0. The van der Waals surface area contributed by atoms with Crippen LogP contribution >= 0.6 is 0 Å². The molecule has 1 aliphatic heterocycles. The fourth-order valence-electron chi connectivity index (χ4n) is 3.39. The maximum Gasteiger partial charge on any atom is 0.332 e. The van der Waals surface area contributed by atoms with Crippen molar-refractivity contribution < 1.29 is 8.78 Å². The molecule has 0 radical (unpaired) electrons. The molecule has 25 heavy (non-hydrogen) atoms. The summed E-state index contributed by atoms with van der Waals surface area (Å²) in [6, 6.07) is 5.52. The van der Waals surface area contributed by atoms with Gasteiger partial charge < -0.3 is 4.90 Å². The van der Waals surface area contributed by atoms with Crippen molar-refractivity contribution in [1.29, 1.82) is 0 Å². The summed E-state index contributed by atoms with van der Waals surface area (Å²) in [6.07, 6.45) is 2.42. The molecule has 0 bridgehead atoms. The van der Waals surface area contributed by atoms with Gasteiger partial charge in [-0.2, -0.15) is 0 Å². The molecule has 7 heteroatoms. The average molecular weight is 349 g/mol. The predicted octanol–water partition coefficient (Wildman–Crippen LogP) is 1.82. The molecule has 0 aliphatic carbocycles. The van der Waals surface area contributed by atoms with Crippen LogP contribution in [-0.2, 0) is 20.5 Å². The number of benzene rings is 1. The largest absolute Gasteiger partial charge is 0.358 e. The highest BCUT2D eigenvalue weighted by atomic mass is 19.2. The van der Waals surface area contributed by atoms with Gasteiger partial charge in [0.05, 0.1) is 0 Å². The molecule has 134 valence electrons. The molecule has 2 heterocycles. The molecule has 1 fully saturated rings. The van der Waals surface area contributed by atoms with Crippen molar-refractivity contribution in [3.8, 4) is 0 Å². The van der Waals surface area contributed by atoms with E-state index in [1.807, 2.05) is 4.90 Å². The summed E-state index contributed by atoms with van der Waals surface area (Å²) in [5, 5.41) is 0. The summed E-state index contributed by atoms with van der Waals surface area (Å²) in [6.45, 7) is 1.43. The number of aromatic nitrogens is 2. The lowest BCUT2D eigenvalue weighted by molar-refractivity contribution is 0.398. The number of hydrogen-bond donors (Lipinski definition) is 0. The zero-order valence-corrected chi connectivity index (χ0v) is 14.3. The maximum absolute atomic E-state index is 13.3. The van der Waals surface area contributed by atoms with Crippen molar-refractivity contribution in [1.82, 2.24) is 9.13 Å². The number of anilines is 1. The molecule has 0 saturated carbocycles. The highest BCUT2D eigenvalue weighted by Crippen LogP contribution is 2.25. The van der Waals surface area contributed by atoms with E-state index in [1.54, 1.807) is 13.1 Å². The molecule has 3 rings (SSSR count). The molecular weight excluding hydrogens is 328 g/mol. The van der Waals surface area contributed by atoms with Gasteiger partial charge in [-0.25, -0.2) is 13.6 Å². The van der Waals surface area contributed by atoms with Crippen LogP contribution in [0.1, 0.15) is 18.4 Å². The summed E-state index contributed by atoms with van der Waals surface area (Å²) in [5.41, 5.74) is 0.131. The fourth-order valence-corrected chi connectivity index (χ4v) is 3.39. The van der Waals surface area contributed by atoms with Crippen molar-refractivity contribution in [3.63, 3.8) is 0 Å². The van der Waals surface area contributed by atoms with Crippen molar-refractivity contribution in [2.24, 2.45) is 20.0 Å². The Morgan fingerprint density at radius 3 is 2.32 bits per heavy atom. The summed E-state index contributed by atoms with van der Waals surface area (Å²) < 4.78 is 28.9.